The lowest BCUT2D eigenvalue weighted by molar-refractivity contribution is 0.189. The summed E-state index contributed by atoms with van der Waals surface area (Å²) in [6.07, 6.45) is 7.57. The lowest BCUT2D eigenvalue weighted by atomic mass is 10.1. The van der Waals surface area contributed by atoms with Crippen LogP contribution in [-0.4, -0.2) is 16.3 Å². The fourth-order valence-corrected chi connectivity index (χ4v) is 2.03. The van der Waals surface area contributed by atoms with Crippen LogP contribution in [0.3, 0.4) is 0 Å². The molecule has 96 valence electrons. The summed E-state index contributed by atoms with van der Waals surface area (Å²) in [5, 5.41) is 13.6. The lowest BCUT2D eigenvalue weighted by Crippen LogP contribution is -2.19. The molecule has 0 saturated carbocycles. The van der Waals surface area contributed by atoms with Crippen molar-refractivity contribution >= 4 is 28.9 Å². The van der Waals surface area contributed by atoms with Gasteiger partial charge in [-0.25, -0.2) is 0 Å². The predicted octanol–water partition coefficient (Wildman–Crippen LogP) is 4.09. The minimum absolute atomic E-state index is 0.421. The van der Waals surface area contributed by atoms with Gasteiger partial charge >= 0.3 is 0 Å². The molecule has 1 aromatic rings. The van der Waals surface area contributed by atoms with E-state index in [0.717, 1.165) is 12.8 Å². The van der Waals surface area contributed by atoms with E-state index in [1.54, 1.807) is 0 Å². The van der Waals surface area contributed by atoms with Gasteiger partial charge in [0.25, 0.3) is 0 Å². The molecule has 0 aromatic carbocycles. The van der Waals surface area contributed by atoms with E-state index < -0.39 is 6.23 Å². The summed E-state index contributed by atoms with van der Waals surface area (Å²) in [4.78, 5) is 3.85. The smallest absolute Gasteiger partial charge is 0.124 e. The number of aliphatic hydroxyl groups excluding tert-OH is 1. The molecule has 0 spiro atoms. The molecule has 3 nitrogen and oxygen atoms in total. The molecule has 1 heterocycles. The van der Waals surface area contributed by atoms with Crippen molar-refractivity contribution in [3.8, 4) is 0 Å². The zero-order chi connectivity index (χ0) is 12.7. The summed E-state index contributed by atoms with van der Waals surface area (Å²) < 4.78 is 0. The monoisotopic (exact) mass is 276 g/mol. The first-order chi connectivity index (χ1) is 8.15. The summed E-state index contributed by atoms with van der Waals surface area (Å²) in [6, 6.07) is 0. The molecule has 0 amide bonds. The molecule has 0 fully saturated rings. The third-order valence-corrected chi connectivity index (χ3v) is 3.07. The second-order valence-electron chi connectivity index (χ2n) is 3.99. The SMILES string of the molecule is CCCCCCC(O)Nc1c(Cl)cncc1Cl. The van der Waals surface area contributed by atoms with Crippen molar-refractivity contribution in [1.29, 1.82) is 0 Å². The maximum atomic E-state index is 9.80. The van der Waals surface area contributed by atoms with Gasteiger partial charge in [0.2, 0.25) is 0 Å². The van der Waals surface area contributed by atoms with Crippen LogP contribution in [0, 0.1) is 0 Å². The quantitative estimate of drug-likeness (QED) is 0.583. The number of aliphatic hydroxyl groups is 1. The molecule has 0 bridgehead atoms. The highest BCUT2D eigenvalue weighted by molar-refractivity contribution is 6.38. The van der Waals surface area contributed by atoms with Gasteiger partial charge in [-0.2, -0.15) is 0 Å². The van der Waals surface area contributed by atoms with Gasteiger partial charge in [-0.05, 0) is 12.8 Å². The van der Waals surface area contributed by atoms with Crippen LogP contribution in [0.25, 0.3) is 0 Å². The van der Waals surface area contributed by atoms with E-state index in [4.69, 9.17) is 23.2 Å². The first-order valence-electron chi connectivity index (χ1n) is 5.88. The van der Waals surface area contributed by atoms with E-state index in [1.807, 2.05) is 0 Å². The largest absolute Gasteiger partial charge is 0.374 e. The number of hydrogen-bond acceptors (Lipinski definition) is 3. The molecule has 0 aliphatic carbocycles. The number of rotatable bonds is 7. The average molecular weight is 277 g/mol. The Morgan fingerprint density at radius 3 is 2.47 bits per heavy atom. The number of nitrogens with zero attached hydrogens (tertiary/aromatic N) is 1. The van der Waals surface area contributed by atoms with E-state index in [-0.39, 0.29) is 0 Å². The van der Waals surface area contributed by atoms with Gasteiger partial charge in [0.15, 0.2) is 0 Å². The van der Waals surface area contributed by atoms with Gasteiger partial charge < -0.3 is 10.4 Å². The fraction of sp³-hybridized carbons (Fsp3) is 0.583. The first-order valence-corrected chi connectivity index (χ1v) is 6.64. The summed E-state index contributed by atoms with van der Waals surface area (Å²) in [5.41, 5.74) is 0.548. The van der Waals surface area contributed by atoms with Gasteiger partial charge in [0.05, 0.1) is 15.7 Å². The van der Waals surface area contributed by atoms with Crippen LogP contribution in [0.2, 0.25) is 10.0 Å². The van der Waals surface area contributed by atoms with E-state index in [1.165, 1.54) is 25.2 Å². The van der Waals surface area contributed by atoms with Gasteiger partial charge in [0.1, 0.15) is 6.23 Å². The van der Waals surface area contributed by atoms with E-state index in [9.17, 15) is 5.11 Å². The average Bonchev–Trinajstić information content (AvgIpc) is 2.30. The van der Waals surface area contributed by atoms with E-state index in [2.05, 4.69) is 17.2 Å². The number of pyridine rings is 1. The van der Waals surface area contributed by atoms with Crippen LogP contribution in [0.5, 0.6) is 0 Å². The Morgan fingerprint density at radius 2 is 1.88 bits per heavy atom. The van der Waals surface area contributed by atoms with Gasteiger partial charge in [-0.15, -0.1) is 0 Å². The van der Waals surface area contributed by atoms with E-state index in [0.29, 0.717) is 22.2 Å². The number of hydrogen-bond donors (Lipinski definition) is 2. The summed E-state index contributed by atoms with van der Waals surface area (Å²) in [7, 11) is 0. The van der Waals surface area contributed by atoms with Crippen LogP contribution in [0.15, 0.2) is 12.4 Å². The second-order valence-corrected chi connectivity index (χ2v) is 4.80. The van der Waals surface area contributed by atoms with Crippen molar-refractivity contribution in [3.63, 3.8) is 0 Å². The molecule has 1 atom stereocenters. The maximum Gasteiger partial charge on any atom is 0.124 e. The minimum atomic E-state index is -0.621. The molecule has 0 saturated heterocycles. The Hall–Kier alpha value is -0.510. The van der Waals surface area contributed by atoms with Crippen LogP contribution >= 0.6 is 23.2 Å². The van der Waals surface area contributed by atoms with Crippen LogP contribution in [0.4, 0.5) is 5.69 Å². The zero-order valence-electron chi connectivity index (χ0n) is 9.92. The second kappa shape index (κ2) is 7.75. The Kier molecular flexibility index (Phi) is 6.63. The number of nitrogens with one attached hydrogen (secondary N) is 1. The standard InChI is InChI=1S/C12H18Cl2N2O/c1-2-3-4-5-6-11(17)16-12-9(13)7-15-8-10(12)14/h7-8,11,17H,2-6H2,1H3,(H,15,16). The van der Waals surface area contributed by atoms with Gasteiger partial charge in [-0.1, -0.05) is 49.4 Å². The third kappa shape index (κ3) is 5.11. The number of halogens is 2. The number of unbranched alkanes of at least 4 members (excludes halogenated alkanes) is 3. The molecule has 5 heteroatoms. The Balaban J connectivity index is 2.42. The summed E-state index contributed by atoms with van der Waals surface area (Å²) in [6.45, 7) is 2.16. The fourth-order valence-electron chi connectivity index (χ4n) is 1.55. The molecule has 2 N–H and O–H groups in total. The predicted molar refractivity (Wildman–Crippen MR) is 72.6 cm³/mol. The van der Waals surface area contributed by atoms with Crippen molar-refractivity contribution in [1.82, 2.24) is 4.98 Å². The van der Waals surface area contributed by atoms with Crippen molar-refractivity contribution in [3.05, 3.63) is 22.4 Å². The zero-order valence-corrected chi connectivity index (χ0v) is 11.4. The highest BCUT2D eigenvalue weighted by Crippen LogP contribution is 2.29. The molecule has 17 heavy (non-hydrogen) atoms. The topological polar surface area (TPSA) is 45.1 Å². The van der Waals surface area contributed by atoms with Crippen LogP contribution in [0.1, 0.15) is 39.0 Å². The maximum absolute atomic E-state index is 9.80. The van der Waals surface area contributed by atoms with Crippen molar-refractivity contribution in [2.45, 2.75) is 45.3 Å². The lowest BCUT2D eigenvalue weighted by Gasteiger charge is -2.15. The first kappa shape index (κ1) is 14.6. The highest BCUT2D eigenvalue weighted by atomic mass is 35.5. The van der Waals surface area contributed by atoms with Crippen LogP contribution < -0.4 is 5.32 Å². The van der Waals surface area contributed by atoms with Crippen LogP contribution in [-0.2, 0) is 0 Å². The van der Waals surface area contributed by atoms with Gasteiger partial charge in [0, 0.05) is 12.4 Å². The normalized spacial score (nSPS) is 12.5. The molecule has 0 radical (unpaired) electrons. The Labute approximate surface area is 112 Å². The highest BCUT2D eigenvalue weighted by Gasteiger charge is 2.10. The van der Waals surface area contributed by atoms with Gasteiger partial charge in [-0.3, -0.25) is 4.98 Å². The Bertz CT molecular complexity index is 327. The van der Waals surface area contributed by atoms with Crippen molar-refractivity contribution in [2.75, 3.05) is 5.32 Å². The molecular weight excluding hydrogens is 259 g/mol. The molecule has 0 aliphatic rings. The van der Waals surface area contributed by atoms with Crippen molar-refractivity contribution in [2.24, 2.45) is 0 Å². The third-order valence-electron chi connectivity index (χ3n) is 2.50. The molecule has 1 aromatic heterocycles. The molecule has 0 aliphatic heterocycles. The summed E-state index contributed by atoms with van der Waals surface area (Å²) in [5.74, 6) is 0. The Morgan fingerprint density at radius 1 is 1.24 bits per heavy atom. The molecule has 1 unspecified atom stereocenters. The summed E-state index contributed by atoms with van der Waals surface area (Å²) >= 11 is 11.9. The minimum Gasteiger partial charge on any atom is -0.374 e. The molecule has 1 rings (SSSR count). The van der Waals surface area contributed by atoms with E-state index >= 15 is 0 Å². The van der Waals surface area contributed by atoms with Crippen molar-refractivity contribution < 1.29 is 5.11 Å². The number of aromatic nitrogens is 1. The number of anilines is 1. The molecular formula is C12H18Cl2N2O.